The van der Waals surface area contributed by atoms with Gasteiger partial charge in [0, 0.05) is 25.8 Å². The lowest BCUT2D eigenvalue weighted by Gasteiger charge is -2.22. The second-order valence-electron chi connectivity index (χ2n) is 5.96. The highest BCUT2D eigenvalue weighted by Crippen LogP contribution is 2.28. The molecule has 3 nitrogen and oxygen atoms in total. The maximum atomic E-state index is 5.58. The molecule has 0 aromatic carbocycles. The predicted octanol–water partition coefficient (Wildman–Crippen LogP) is 3.58. The fourth-order valence-corrected chi connectivity index (χ4v) is 3.00. The van der Waals surface area contributed by atoms with Crippen molar-refractivity contribution in [2.75, 3.05) is 19.8 Å². The fourth-order valence-electron chi connectivity index (χ4n) is 3.00. The molecule has 1 fully saturated rings. The SMILES string of the molecule is CCOC(CNC1CCCC(C(C)C)CC1)OCC. The summed E-state index contributed by atoms with van der Waals surface area (Å²) >= 11 is 0. The van der Waals surface area contributed by atoms with Gasteiger partial charge in [0.05, 0.1) is 0 Å². The summed E-state index contributed by atoms with van der Waals surface area (Å²) in [4.78, 5) is 0. The van der Waals surface area contributed by atoms with Crippen LogP contribution >= 0.6 is 0 Å². The third-order valence-corrected chi connectivity index (χ3v) is 4.23. The van der Waals surface area contributed by atoms with E-state index >= 15 is 0 Å². The van der Waals surface area contributed by atoms with Crippen LogP contribution in [0.25, 0.3) is 0 Å². The van der Waals surface area contributed by atoms with Crippen molar-refractivity contribution in [3.8, 4) is 0 Å². The Morgan fingerprint density at radius 2 is 1.68 bits per heavy atom. The van der Waals surface area contributed by atoms with E-state index in [9.17, 15) is 0 Å². The van der Waals surface area contributed by atoms with Crippen molar-refractivity contribution >= 4 is 0 Å². The van der Waals surface area contributed by atoms with Crippen LogP contribution in [0.2, 0.25) is 0 Å². The van der Waals surface area contributed by atoms with E-state index in [0.717, 1.165) is 18.4 Å². The monoisotopic (exact) mass is 271 g/mol. The highest BCUT2D eigenvalue weighted by Gasteiger charge is 2.21. The van der Waals surface area contributed by atoms with Crippen molar-refractivity contribution in [1.82, 2.24) is 5.32 Å². The van der Waals surface area contributed by atoms with Crippen LogP contribution in [0.3, 0.4) is 0 Å². The lowest BCUT2D eigenvalue weighted by atomic mass is 9.89. The van der Waals surface area contributed by atoms with Gasteiger partial charge in [-0.3, -0.25) is 0 Å². The summed E-state index contributed by atoms with van der Waals surface area (Å²) in [6.07, 6.45) is 6.63. The molecule has 1 aliphatic carbocycles. The minimum atomic E-state index is -0.0841. The van der Waals surface area contributed by atoms with Gasteiger partial charge in [-0.1, -0.05) is 26.7 Å². The minimum Gasteiger partial charge on any atom is -0.352 e. The smallest absolute Gasteiger partial charge is 0.169 e. The summed E-state index contributed by atoms with van der Waals surface area (Å²) in [6.45, 7) is 11.0. The second kappa shape index (κ2) is 9.73. The average Bonchev–Trinajstić information content (AvgIpc) is 2.62. The van der Waals surface area contributed by atoms with Crippen LogP contribution < -0.4 is 5.32 Å². The molecule has 0 aromatic heterocycles. The van der Waals surface area contributed by atoms with Gasteiger partial charge in [-0.25, -0.2) is 0 Å². The minimum absolute atomic E-state index is 0.0841. The summed E-state index contributed by atoms with van der Waals surface area (Å²) < 4.78 is 11.2. The normalized spacial score (nSPS) is 24.9. The Morgan fingerprint density at radius 3 is 2.26 bits per heavy atom. The topological polar surface area (TPSA) is 30.5 Å². The number of ether oxygens (including phenoxy) is 2. The molecule has 0 bridgehead atoms. The third-order valence-electron chi connectivity index (χ3n) is 4.23. The summed E-state index contributed by atoms with van der Waals surface area (Å²) in [7, 11) is 0. The van der Waals surface area contributed by atoms with Crippen molar-refractivity contribution in [2.24, 2.45) is 11.8 Å². The summed E-state index contributed by atoms with van der Waals surface area (Å²) in [5.41, 5.74) is 0. The molecule has 1 aliphatic rings. The van der Waals surface area contributed by atoms with E-state index in [1.165, 1.54) is 32.1 Å². The van der Waals surface area contributed by atoms with Crippen LogP contribution in [0.5, 0.6) is 0 Å². The van der Waals surface area contributed by atoms with Gasteiger partial charge in [0.25, 0.3) is 0 Å². The Labute approximate surface area is 119 Å². The first-order valence-corrected chi connectivity index (χ1v) is 8.13. The van der Waals surface area contributed by atoms with E-state index in [0.29, 0.717) is 19.3 Å². The van der Waals surface area contributed by atoms with E-state index in [1.54, 1.807) is 0 Å². The first kappa shape index (κ1) is 16.9. The summed E-state index contributed by atoms with van der Waals surface area (Å²) in [5.74, 6) is 1.75. The van der Waals surface area contributed by atoms with Crippen molar-refractivity contribution in [2.45, 2.75) is 72.1 Å². The number of rotatable bonds is 8. The molecule has 0 spiro atoms. The van der Waals surface area contributed by atoms with Crippen molar-refractivity contribution < 1.29 is 9.47 Å². The van der Waals surface area contributed by atoms with Crippen LogP contribution in [-0.2, 0) is 9.47 Å². The van der Waals surface area contributed by atoms with E-state index in [1.807, 2.05) is 13.8 Å². The molecule has 0 saturated heterocycles. The van der Waals surface area contributed by atoms with E-state index in [2.05, 4.69) is 19.2 Å². The van der Waals surface area contributed by atoms with Crippen molar-refractivity contribution in [1.29, 1.82) is 0 Å². The molecule has 1 rings (SSSR count). The lowest BCUT2D eigenvalue weighted by molar-refractivity contribution is -0.133. The van der Waals surface area contributed by atoms with Gasteiger partial charge in [-0.15, -0.1) is 0 Å². The first-order valence-electron chi connectivity index (χ1n) is 8.13. The Bertz CT molecular complexity index is 215. The molecule has 3 heteroatoms. The number of hydrogen-bond acceptors (Lipinski definition) is 3. The molecule has 1 saturated carbocycles. The quantitative estimate of drug-likeness (QED) is 0.540. The Balaban J connectivity index is 2.28. The van der Waals surface area contributed by atoms with Gasteiger partial charge in [-0.2, -0.15) is 0 Å². The molecule has 0 amide bonds. The van der Waals surface area contributed by atoms with Crippen molar-refractivity contribution in [3.05, 3.63) is 0 Å². The van der Waals surface area contributed by atoms with E-state index in [-0.39, 0.29) is 6.29 Å². The zero-order valence-corrected chi connectivity index (χ0v) is 13.3. The molecule has 1 N–H and O–H groups in total. The van der Waals surface area contributed by atoms with E-state index < -0.39 is 0 Å². The highest BCUT2D eigenvalue weighted by molar-refractivity contribution is 4.76. The van der Waals surface area contributed by atoms with E-state index in [4.69, 9.17) is 9.47 Å². The Hall–Kier alpha value is -0.120. The van der Waals surface area contributed by atoms with Crippen LogP contribution in [0, 0.1) is 11.8 Å². The maximum absolute atomic E-state index is 5.58. The summed E-state index contributed by atoms with van der Waals surface area (Å²) in [6, 6.07) is 0.646. The molecule has 19 heavy (non-hydrogen) atoms. The Kier molecular flexibility index (Phi) is 8.67. The molecule has 114 valence electrons. The van der Waals surface area contributed by atoms with Gasteiger partial charge in [0.15, 0.2) is 6.29 Å². The first-order chi connectivity index (χ1) is 9.17. The molecule has 0 radical (unpaired) electrons. The molecule has 0 aliphatic heterocycles. The van der Waals surface area contributed by atoms with Crippen LogP contribution in [0.4, 0.5) is 0 Å². The predicted molar refractivity (Wildman–Crippen MR) is 80.2 cm³/mol. The lowest BCUT2D eigenvalue weighted by Crippen LogP contribution is -2.38. The molecule has 0 heterocycles. The molecular weight excluding hydrogens is 238 g/mol. The van der Waals surface area contributed by atoms with Crippen molar-refractivity contribution in [3.63, 3.8) is 0 Å². The fraction of sp³-hybridized carbons (Fsp3) is 1.00. The average molecular weight is 271 g/mol. The van der Waals surface area contributed by atoms with Crippen LogP contribution in [0.1, 0.15) is 59.8 Å². The second-order valence-corrected chi connectivity index (χ2v) is 5.96. The molecule has 2 atom stereocenters. The number of nitrogens with one attached hydrogen (secondary N) is 1. The molecule has 0 aromatic rings. The van der Waals surface area contributed by atoms with Gasteiger partial charge in [0.2, 0.25) is 0 Å². The number of hydrogen-bond donors (Lipinski definition) is 1. The zero-order chi connectivity index (χ0) is 14.1. The third kappa shape index (κ3) is 6.73. The maximum Gasteiger partial charge on any atom is 0.169 e. The van der Waals surface area contributed by atoms with Gasteiger partial charge < -0.3 is 14.8 Å². The van der Waals surface area contributed by atoms with Crippen LogP contribution in [-0.4, -0.2) is 32.1 Å². The largest absolute Gasteiger partial charge is 0.352 e. The van der Waals surface area contributed by atoms with Gasteiger partial charge in [-0.05, 0) is 44.9 Å². The Morgan fingerprint density at radius 1 is 1.00 bits per heavy atom. The van der Waals surface area contributed by atoms with Crippen LogP contribution in [0.15, 0.2) is 0 Å². The zero-order valence-electron chi connectivity index (χ0n) is 13.3. The van der Waals surface area contributed by atoms with Gasteiger partial charge in [0.1, 0.15) is 0 Å². The summed E-state index contributed by atoms with van der Waals surface area (Å²) in [5, 5.41) is 3.64. The highest BCUT2D eigenvalue weighted by atomic mass is 16.7. The van der Waals surface area contributed by atoms with Gasteiger partial charge >= 0.3 is 0 Å². The molecular formula is C16H33NO2. The standard InChI is InChI=1S/C16H33NO2/c1-5-18-16(19-6-2)12-17-15-9-7-8-14(10-11-15)13(3)4/h13-17H,5-12H2,1-4H3. The molecule has 2 unspecified atom stereocenters.